The lowest BCUT2D eigenvalue weighted by atomic mass is 9.95. The maximum atomic E-state index is 4.49. The van der Waals surface area contributed by atoms with Gasteiger partial charge < -0.3 is 5.32 Å². The van der Waals surface area contributed by atoms with Crippen molar-refractivity contribution in [1.82, 2.24) is 15.3 Å². The van der Waals surface area contributed by atoms with E-state index in [1.807, 2.05) is 0 Å². The molecule has 2 aromatic heterocycles. The van der Waals surface area contributed by atoms with E-state index in [1.165, 1.54) is 10.4 Å². The van der Waals surface area contributed by atoms with E-state index in [0.717, 1.165) is 18.5 Å². The summed E-state index contributed by atoms with van der Waals surface area (Å²) in [7, 11) is 0. The van der Waals surface area contributed by atoms with Crippen molar-refractivity contribution >= 4 is 21.6 Å². The molecule has 0 spiro atoms. The standard InChI is InChI=1S/C13H19N3S/c1-4-10(14-5-2)9(3)12-13-11(6-7-17-13)15-8-16-12/h6-10,14H,4-5H2,1-3H3. The lowest BCUT2D eigenvalue weighted by molar-refractivity contribution is 0.444. The minimum atomic E-state index is 0.420. The molecule has 2 aromatic rings. The van der Waals surface area contributed by atoms with Gasteiger partial charge in [-0.25, -0.2) is 9.97 Å². The molecule has 17 heavy (non-hydrogen) atoms. The van der Waals surface area contributed by atoms with Gasteiger partial charge in [0.25, 0.3) is 0 Å². The highest BCUT2D eigenvalue weighted by Gasteiger charge is 2.20. The maximum Gasteiger partial charge on any atom is 0.116 e. The quantitative estimate of drug-likeness (QED) is 0.884. The molecule has 3 nitrogen and oxygen atoms in total. The molecule has 0 amide bonds. The van der Waals surface area contributed by atoms with Crippen LogP contribution in [-0.2, 0) is 0 Å². The van der Waals surface area contributed by atoms with Crippen molar-refractivity contribution in [2.75, 3.05) is 6.54 Å². The molecule has 4 heteroatoms. The minimum Gasteiger partial charge on any atom is -0.314 e. The zero-order valence-corrected chi connectivity index (χ0v) is 11.4. The average molecular weight is 249 g/mol. The van der Waals surface area contributed by atoms with Crippen LogP contribution in [0.1, 0.15) is 38.8 Å². The van der Waals surface area contributed by atoms with Crippen LogP contribution >= 0.6 is 11.3 Å². The molecule has 0 saturated carbocycles. The van der Waals surface area contributed by atoms with Crippen molar-refractivity contribution in [3.05, 3.63) is 23.5 Å². The van der Waals surface area contributed by atoms with E-state index in [2.05, 4.69) is 47.5 Å². The molecule has 2 rings (SSSR count). The monoisotopic (exact) mass is 249 g/mol. The summed E-state index contributed by atoms with van der Waals surface area (Å²) in [5.74, 6) is 0.420. The fourth-order valence-electron chi connectivity index (χ4n) is 2.26. The lowest BCUT2D eigenvalue weighted by Crippen LogP contribution is -2.33. The first kappa shape index (κ1) is 12.5. The van der Waals surface area contributed by atoms with E-state index in [0.29, 0.717) is 12.0 Å². The Labute approximate surface area is 106 Å². The third kappa shape index (κ3) is 2.48. The van der Waals surface area contributed by atoms with Crippen LogP contribution in [0.3, 0.4) is 0 Å². The molecule has 92 valence electrons. The Hall–Kier alpha value is -1.000. The molecule has 1 N–H and O–H groups in total. The van der Waals surface area contributed by atoms with Gasteiger partial charge in [0.05, 0.1) is 15.9 Å². The largest absolute Gasteiger partial charge is 0.314 e. The van der Waals surface area contributed by atoms with E-state index in [-0.39, 0.29) is 0 Å². The Bertz CT molecular complexity index is 480. The van der Waals surface area contributed by atoms with Crippen LogP contribution in [0.25, 0.3) is 10.2 Å². The number of nitrogens with one attached hydrogen (secondary N) is 1. The van der Waals surface area contributed by atoms with Crippen molar-refractivity contribution < 1.29 is 0 Å². The molecule has 0 saturated heterocycles. The van der Waals surface area contributed by atoms with Gasteiger partial charge in [0.15, 0.2) is 0 Å². The fraction of sp³-hybridized carbons (Fsp3) is 0.538. The number of fused-ring (bicyclic) bond motifs is 1. The van der Waals surface area contributed by atoms with Gasteiger partial charge in [0.1, 0.15) is 6.33 Å². The van der Waals surface area contributed by atoms with Crippen LogP contribution in [0.4, 0.5) is 0 Å². The summed E-state index contributed by atoms with van der Waals surface area (Å²) in [5.41, 5.74) is 2.25. The van der Waals surface area contributed by atoms with Crippen LogP contribution in [0.15, 0.2) is 17.8 Å². The molecule has 0 bridgehead atoms. The van der Waals surface area contributed by atoms with Crippen LogP contribution in [0.2, 0.25) is 0 Å². The predicted molar refractivity (Wildman–Crippen MR) is 73.6 cm³/mol. The van der Waals surface area contributed by atoms with Gasteiger partial charge in [-0.05, 0) is 24.4 Å². The zero-order chi connectivity index (χ0) is 12.3. The van der Waals surface area contributed by atoms with E-state index in [1.54, 1.807) is 17.7 Å². The number of rotatable bonds is 5. The molecule has 0 aliphatic heterocycles. The second-order valence-corrected chi connectivity index (χ2v) is 5.17. The molecule has 2 heterocycles. The Kier molecular flexibility index (Phi) is 4.07. The number of hydrogen-bond acceptors (Lipinski definition) is 4. The van der Waals surface area contributed by atoms with Gasteiger partial charge in [-0.2, -0.15) is 0 Å². The smallest absolute Gasteiger partial charge is 0.116 e. The summed E-state index contributed by atoms with van der Waals surface area (Å²) in [6.07, 6.45) is 2.80. The van der Waals surface area contributed by atoms with Gasteiger partial charge in [-0.3, -0.25) is 0 Å². The molecular weight excluding hydrogens is 230 g/mol. The Morgan fingerprint density at radius 3 is 2.88 bits per heavy atom. The third-order valence-corrected chi connectivity index (χ3v) is 4.14. The van der Waals surface area contributed by atoms with Crippen molar-refractivity contribution in [3.63, 3.8) is 0 Å². The van der Waals surface area contributed by atoms with E-state index in [9.17, 15) is 0 Å². The molecule has 0 aliphatic rings. The topological polar surface area (TPSA) is 37.8 Å². The summed E-state index contributed by atoms with van der Waals surface area (Å²) in [6, 6.07) is 2.55. The maximum absolute atomic E-state index is 4.49. The molecule has 0 radical (unpaired) electrons. The summed E-state index contributed by atoms with van der Waals surface area (Å²) in [4.78, 5) is 8.78. The number of aromatic nitrogens is 2. The van der Waals surface area contributed by atoms with Gasteiger partial charge >= 0.3 is 0 Å². The van der Waals surface area contributed by atoms with E-state index in [4.69, 9.17) is 0 Å². The first-order chi connectivity index (χ1) is 8.27. The Balaban J connectivity index is 2.34. The van der Waals surface area contributed by atoms with Gasteiger partial charge in [-0.15, -0.1) is 11.3 Å². The number of likely N-dealkylation sites (N-methyl/N-ethyl adjacent to an activating group) is 1. The second-order valence-electron chi connectivity index (χ2n) is 4.25. The minimum absolute atomic E-state index is 0.420. The van der Waals surface area contributed by atoms with Crippen LogP contribution in [0, 0.1) is 0 Å². The summed E-state index contributed by atoms with van der Waals surface area (Å²) >= 11 is 1.74. The normalized spacial score (nSPS) is 15.0. The highest BCUT2D eigenvalue weighted by molar-refractivity contribution is 7.17. The average Bonchev–Trinajstić information content (AvgIpc) is 2.83. The van der Waals surface area contributed by atoms with Gasteiger partial charge in [0.2, 0.25) is 0 Å². The molecule has 0 aliphatic carbocycles. The zero-order valence-electron chi connectivity index (χ0n) is 10.6. The molecule has 0 fully saturated rings. The van der Waals surface area contributed by atoms with Crippen LogP contribution in [-0.4, -0.2) is 22.6 Å². The first-order valence-electron chi connectivity index (χ1n) is 6.19. The van der Waals surface area contributed by atoms with Crippen molar-refractivity contribution in [3.8, 4) is 0 Å². The lowest BCUT2D eigenvalue weighted by Gasteiger charge is -2.23. The van der Waals surface area contributed by atoms with Crippen molar-refractivity contribution in [2.45, 2.75) is 39.2 Å². The van der Waals surface area contributed by atoms with Crippen molar-refractivity contribution in [1.29, 1.82) is 0 Å². The predicted octanol–water partition coefficient (Wildman–Crippen LogP) is 3.18. The molecule has 2 atom stereocenters. The van der Waals surface area contributed by atoms with Gasteiger partial charge in [-0.1, -0.05) is 20.8 Å². The van der Waals surface area contributed by atoms with E-state index < -0.39 is 0 Å². The number of hydrogen-bond donors (Lipinski definition) is 1. The molecule has 2 unspecified atom stereocenters. The fourth-order valence-corrected chi connectivity index (χ4v) is 3.19. The Morgan fingerprint density at radius 2 is 2.18 bits per heavy atom. The van der Waals surface area contributed by atoms with Crippen LogP contribution < -0.4 is 5.32 Å². The summed E-state index contributed by atoms with van der Waals surface area (Å²) in [6.45, 7) is 7.62. The summed E-state index contributed by atoms with van der Waals surface area (Å²) < 4.78 is 1.23. The molecular formula is C13H19N3S. The summed E-state index contributed by atoms with van der Waals surface area (Å²) in [5, 5.41) is 5.62. The Morgan fingerprint density at radius 1 is 1.35 bits per heavy atom. The third-order valence-electron chi connectivity index (χ3n) is 3.21. The molecule has 0 aromatic carbocycles. The highest BCUT2D eigenvalue weighted by Crippen LogP contribution is 2.29. The SMILES string of the molecule is CCNC(CC)C(C)c1ncnc2ccsc12. The second kappa shape index (κ2) is 5.56. The number of thiophene rings is 1. The van der Waals surface area contributed by atoms with Crippen molar-refractivity contribution in [2.24, 2.45) is 0 Å². The van der Waals surface area contributed by atoms with Gasteiger partial charge in [0, 0.05) is 12.0 Å². The number of nitrogens with zero attached hydrogens (tertiary/aromatic N) is 2. The first-order valence-corrected chi connectivity index (χ1v) is 7.07. The van der Waals surface area contributed by atoms with Crippen LogP contribution in [0.5, 0.6) is 0 Å². The van der Waals surface area contributed by atoms with E-state index >= 15 is 0 Å². The highest BCUT2D eigenvalue weighted by atomic mass is 32.1.